The van der Waals surface area contributed by atoms with Crippen LogP contribution in [0.15, 0.2) is 91.0 Å². The van der Waals surface area contributed by atoms with Gasteiger partial charge in [0.1, 0.15) is 18.1 Å². The normalized spacial score (nSPS) is 10.5. The van der Waals surface area contributed by atoms with E-state index in [0.29, 0.717) is 16.9 Å². The quantitative estimate of drug-likeness (QED) is 0.199. The molecule has 0 aliphatic heterocycles. The Morgan fingerprint density at radius 3 is 2.09 bits per heavy atom. The fourth-order valence-corrected chi connectivity index (χ4v) is 3.54. The highest BCUT2D eigenvalue weighted by molar-refractivity contribution is 6.37. The van der Waals surface area contributed by atoms with Gasteiger partial charge in [-0.2, -0.15) is 0 Å². The van der Waals surface area contributed by atoms with Crippen LogP contribution in [-0.2, 0) is 6.61 Å². The molecule has 4 aromatic carbocycles. The molecule has 0 fully saturated rings. The Kier molecular flexibility index (Phi) is 7.13. The molecule has 7 heteroatoms. The van der Waals surface area contributed by atoms with Gasteiger partial charge in [-0.25, -0.2) is 9.18 Å². The minimum absolute atomic E-state index is 0.0635. The van der Waals surface area contributed by atoms with Crippen LogP contribution in [0.1, 0.15) is 15.9 Å². The van der Waals surface area contributed by atoms with E-state index in [1.807, 2.05) is 6.07 Å². The first-order chi connectivity index (χ1) is 16.0. The Morgan fingerprint density at radius 2 is 1.42 bits per heavy atom. The number of halogens is 3. The first-order valence-corrected chi connectivity index (χ1v) is 10.7. The number of benzene rings is 4. The zero-order valence-corrected chi connectivity index (χ0v) is 18.6. The van der Waals surface area contributed by atoms with E-state index in [9.17, 15) is 9.18 Å². The minimum atomic E-state index is -0.534. The third kappa shape index (κ3) is 5.83. The summed E-state index contributed by atoms with van der Waals surface area (Å²) in [5, 5.41) is 0.336. The molecule has 0 bridgehead atoms. The van der Waals surface area contributed by atoms with Crippen molar-refractivity contribution in [1.29, 1.82) is 0 Å². The van der Waals surface area contributed by atoms with Crippen molar-refractivity contribution in [3.8, 4) is 23.0 Å². The summed E-state index contributed by atoms with van der Waals surface area (Å²) in [5.74, 6) is -0.0417. The van der Waals surface area contributed by atoms with Crippen LogP contribution in [0.3, 0.4) is 0 Å². The van der Waals surface area contributed by atoms with Gasteiger partial charge in [0, 0.05) is 12.1 Å². The molecule has 0 radical (unpaired) electrons. The highest BCUT2D eigenvalue weighted by Gasteiger charge is 2.15. The molecule has 0 spiro atoms. The molecule has 166 valence electrons. The summed E-state index contributed by atoms with van der Waals surface area (Å²) >= 11 is 12.6. The van der Waals surface area contributed by atoms with Gasteiger partial charge in [0.15, 0.2) is 17.3 Å². The molecular weight excluding hydrogens is 466 g/mol. The molecular formula is C26H17Cl2FO4. The number of ether oxygens (including phenoxy) is 3. The van der Waals surface area contributed by atoms with Crippen LogP contribution in [0.2, 0.25) is 10.0 Å². The van der Waals surface area contributed by atoms with Crippen LogP contribution in [0.4, 0.5) is 4.39 Å². The van der Waals surface area contributed by atoms with Crippen LogP contribution in [0, 0.1) is 5.82 Å². The molecule has 33 heavy (non-hydrogen) atoms. The zero-order valence-electron chi connectivity index (χ0n) is 17.1. The minimum Gasteiger partial charge on any atom is -0.486 e. The van der Waals surface area contributed by atoms with E-state index in [0.717, 1.165) is 0 Å². The number of carbonyl (C=O) groups excluding carboxylic acids is 1. The van der Waals surface area contributed by atoms with Gasteiger partial charge in [0.2, 0.25) is 0 Å². The van der Waals surface area contributed by atoms with Gasteiger partial charge in [-0.05, 0) is 42.0 Å². The number of carbonyl (C=O) groups is 1. The maximum atomic E-state index is 14.2. The van der Waals surface area contributed by atoms with Gasteiger partial charge in [-0.3, -0.25) is 0 Å². The van der Waals surface area contributed by atoms with Crippen molar-refractivity contribution in [2.45, 2.75) is 6.61 Å². The lowest BCUT2D eigenvalue weighted by atomic mass is 10.2. The number of esters is 1. The van der Waals surface area contributed by atoms with Gasteiger partial charge in [0.25, 0.3) is 0 Å². The van der Waals surface area contributed by atoms with Gasteiger partial charge >= 0.3 is 5.97 Å². The second-order valence-electron chi connectivity index (χ2n) is 6.94. The first kappa shape index (κ1) is 22.6. The van der Waals surface area contributed by atoms with Crippen LogP contribution >= 0.6 is 23.2 Å². The van der Waals surface area contributed by atoms with Crippen molar-refractivity contribution in [3.63, 3.8) is 0 Å². The number of para-hydroxylation sites is 1. The largest absolute Gasteiger partial charge is 0.486 e. The Labute approximate surface area is 200 Å². The molecule has 0 unspecified atom stereocenters. The molecule has 4 nitrogen and oxygen atoms in total. The number of hydrogen-bond acceptors (Lipinski definition) is 4. The monoisotopic (exact) mass is 482 g/mol. The molecule has 4 rings (SSSR count). The van der Waals surface area contributed by atoms with Crippen LogP contribution in [0.5, 0.6) is 23.0 Å². The van der Waals surface area contributed by atoms with Crippen molar-refractivity contribution in [1.82, 2.24) is 0 Å². The second kappa shape index (κ2) is 10.4. The van der Waals surface area contributed by atoms with Crippen LogP contribution in [-0.4, -0.2) is 5.97 Å². The van der Waals surface area contributed by atoms with Crippen molar-refractivity contribution in [3.05, 3.63) is 118 Å². The summed E-state index contributed by atoms with van der Waals surface area (Å²) in [4.78, 5) is 12.2. The lowest BCUT2D eigenvalue weighted by Crippen LogP contribution is -2.08. The molecule has 0 aliphatic carbocycles. The first-order valence-electron chi connectivity index (χ1n) is 9.90. The summed E-state index contributed by atoms with van der Waals surface area (Å²) < 4.78 is 30.9. The average molecular weight is 483 g/mol. The Hall–Kier alpha value is -3.54. The van der Waals surface area contributed by atoms with E-state index in [1.54, 1.807) is 66.7 Å². The number of rotatable bonds is 7. The fourth-order valence-electron chi connectivity index (χ4n) is 2.96. The molecule has 0 aliphatic rings. The third-order valence-electron chi connectivity index (χ3n) is 4.54. The summed E-state index contributed by atoms with van der Waals surface area (Å²) in [6.07, 6.45) is 0. The van der Waals surface area contributed by atoms with E-state index in [-0.39, 0.29) is 33.9 Å². The van der Waals surface area contributed by atoms with Crippen molar-refractivity contribution in [2.75, 3.05) is 0 Å². The van der Waals surface area contributed by atoms with Crippen molar-refractivity contribution in [2.24, 2.45) is 0 Å². The maximum Gasteiger partial charge on any atom is 0.343 e. The summed E-state index contributed by atoms with van der Waals surface area (Å²) in [6.45, 7) is 0.0635. The third-order valence-corrected chi connectivity index (χ3v) is 5.10. The van der Waals surface area contributed by atoms with Gasteiger partial charge < -0.3 is 14.2 Å². The van der Waals surface area contributed by atoms with Crippen molar-refractivity contribution >= 4 is 29.2 Å². The maximum absolute atomic E-state index is 14.2. The van der Waals surface area contributed by atoms with E-state index in [2.05, 4.69) is 0 Å². The highest BCUT2D eigenvalue weighted by Crippen LogP contribution is 2.38. The molecule has 0 aromatic heterocycles. The van der Waals surface area contributed by atoms with E-state index >= 15 is 0 Å². The molecule has 0 atom stereocenters. The second-order valence-corrected chi connectivity index (χ2v) is 7.75. The SMILES string of the molecule is O=C(Oc1cc(Cl)c(OCc2ccc(F)c(Oc3ccccc3)c2)c(Cl)c1)c1ccccc1. The predicted molar refractivity (Wildman–Crippen MR) is 125 cm³/mol. The van der Waals surface area contributed by atoms with Gasteiger partial charge in [-0.1, -0.05) is 65.7 Å². The topological polar surface area (TPSA) is 44.8 Å². The Bertz CT molecular complexity index is 1240. The Morgan fingerprint density at radius 1 is 0.788 bits per heavy atom. The fraction of sp³-hybridized carbons (Fsp3) is 0.0385. The van der Waals surface area contributed by atoms with E-state index < -0.39 is 11.8 Å². The van der Waals surface area contributed by atoms with Crippen LogP contribution in [0.25, 0.3) is 0 Å². The molecule has 0 saturated carbocycles. The smallest absolute Gasteiger partial charge is 0.343 e. The molecule has 4 aromatic rings. The zero-order chi connectivity index (χ0) is 23.2. The van der Waals surface area contributed by atoms with Crippen molar-refractivity contribution < 1.29 is 23.4 Å². The predicted octanol–water partition coefficient (Wildman–Crippen LogP) is 7.72. The molecule has 0 amide bonds. The van der Waals surface area contributed by atoms with Gasteiger partial charge in [-0.15, -0.1) is 0 Å². The molecule has 0 N–H and O–H groups in total. The lowest BCUT2D eigenvalue weighted by molar-refractivity contribution is 0.0734. The summed E-state index contributed by atoms with van der Waals surface area (Å²) in [7, 11) is 0. The standard InChI is InChI=1S/C26H17Cl2FO4/c27-21-14-20(33-26(30)18-7-3-1-4-8-18)15-22(28)25(21)31-16-17-11-12-23(29)24(13-17)32-19-9-5-2-6-10-19/h1-15H,16H2. The van der Waals surface area contributed by atoms with Gasteiger partial charge in [0.05, 0.1) is 15.6 Å². The Balaban J connectivity index is 1.45. The van der Waals surface area contributed by atoms with E-state index in [4.69, 9.17) is 37.4 Å². The molecule has 0 heterocycles. The number of hydrogen-bond donors (Lipinski definition) is 0. The summed E-state index contributed by atoms with van der Waals surface area (Å²) in [5.41, 5.74) is 1.05. The average Bonchev–Trinajstić information content (AvgIpc) is 2.82. The molecule has 0 saturated heterocycles. The highest BCUT2D eigenvalue weighted by atomic mass is 35.5. The van der Waals surface area contributed by atoms with Crippen LogP contribution < -0.4 is 14.2 Å². The summed E-state index contributed by atoms with van der Waals surface area (Å²) in [6, 6.07) is 24.7. The lowest BCUT2D eigenvalue weighted by Gasteiger charge is -2.13. The van der Waals surface area contributed by atoms with E-state index in [1.165, 1.54) is 18.2 Å².